The van der Waals surface area contributed by atoms with Crippen LogP contribution in [0, 0.1) is 0 Å². The van der Waals surface area contributed by atoms with Crippen LogP contribution in [-0.4, -0.2) is 33.6 Å². The first kappa shape index (κ1) is 15.2. The van der Waals surface area contributed by atoms with Gasteiger partial charge in [-0.1, -0.05) is 48.9 Å². The van der Waals surface area contributed by atoms with Gasteiger partial charge in [0, 0.05) is 11.6 Å². The second-order valence-electron chi connectivity index (χ2n) is 7.47. The minimum absolute atomic E-state index is 0.539. The number of fused-ring (bicyclic) bond motifs is 2. The maximum atomic E-state index is 5.04. The van der Waals surface area contributed by atoms with E-state index < -0.39 is 0 Å². The highest BCUT2D eigenvalue weighted by atomic mass is 15.2. The summed E-state index contributed by atoms with van der Waals surface area (Å²) in [6, 6.07) is 20.6. The fourth-order valence-electron chi connectivity index (χ4n) is 4.90. The maximum absolute atomic E-state index is 5.04. The monoisotopic (exact) mass is 331 g/mol. The molecule has 2 aliphatic heterocycles. The molecule has 0 spiro atoms. The molecule has 5 rings (SSSR count). The minimum atomic E-state index is 0.539. The summed E-state index contributed by atoms with van der Waals surface area (Å²) >= 11 is 0. The number of nitrogens with zero attached hydrogens (tertiary/aromatic N) is 3. The van der Waals surface area contributed by atoms with E-state index in [9.17, 15) is 0 Å². The zero-order chi connectivity index (χ0) is 16.6. The Hall–Kier alpha value is -2.13. The van der Waals surface area contributed by atoms with Crippen LogP contribution in [0.2, 0.25) is 0 Å². The van der Waals surface area contributed by atoms with E-state index in [0.717, 1.165) is 11.3 Å². The van der Waals surface area contributed by atoms with Gasteiger partial charge in [0.15, 0.2) is 0 Å². The Morgan fingerprint density at radius 3 is 2.44 bits per heavy atom. The van der Waals surface area contributed by atoms with Crippen molar-refractivity contribution in [3.05, 3.63) is 54.6 Å². The van der Waals surface area contributed by atoms with Crippen LogP contribution < -0.4 is 0 Å². The van der Waals surface area contributed by atoms with Gasteiger partial charge in [-0.15, -0.1) is 0 Å². The van der Waals surface area contributed by atoms with Crippen LogP contribution in [0.1, 0.15) is 38.1 Å². The van der Waals surface area contributed by atoms with E-state index in [4.69, 9.17) is 4.98 Å². The van der Waals surface area contributed by atoms with E-state index >= 15 is 0 Å². The van der Waals surface area contributed by atoms with E-state index in [1.54, 1.807) is 0 Å². The zero-order valence-electron chi connectivity index (χ0n) is 14.6. The lowest BCUT2D eigenvalue weighted by Gasteiger charge is -2.45. The van der Waals surface area contributed by atoms with Crippen molar-refractivity contribution in [1.29, 1.82) is 0 Å². The summed E-state index contributed by atoms with van der Waals surface area (Å²) in [5.74, 6) is 1.14. The SMILES string of the molecule is c1ccc(-c2nc3ccccc3n2[C@H]2CCCN3CCCC[C@H]23)cc1. The molecular formula is C22H25N3. The molecule has 2 aromatic carbocycles. The van der Waals surface area contributed by atoms with E-state index in [1.165, 1.54) is 56.3 Å². The molecule has 25 heavy (non-hydrogen) atoms. The lowest BCUT2D eigenvalue weighted by Crippen LogP contribution is -2.48. The second-order valence-corrected chi connectivity index (χ2v) is 7.47. The van der Waals surface area contributed by atoms with Gasteiger partial charge in [-0.2, -0.15) is 0 Å². The van der Waals surface area contributed by atoms with Crippen LogP contribution in [0.15, 0.2) is 54.6 Å². The van der Waals surface area contributed by atoms with Gasteiger partial charge in [0.1, 0.15) is 5.82 Å². The van der Waals surface area contributed by atoms with E-state index in [0.29, 0.717) is 12.1 Å². The summed E-state index contributed by atoms with van der Waals surface area (Å²) in [5, 5.41) is 0. The molecular weight excluding hydrogens is 306 g/mol. The molecule has 3 heterocycles. The number of imidazole rings is 1. The molecule has 2 saturated heterocycles. The van der Waals surface area contributed by atoms with E-state index in [2.05, 4.69) is 64.1 Å². The van der Waals surface area contributed by atoms with Gasteiger partial charge in [0.25, 0.3) is 0 Å². The first-order valence-corrected chi connectivity index (χ1v) is 9.68. The summed E-state index contributed by atoms with van der Waals surface area (Å²) in [6.07, 6.45) is 6.61. The third-order valence-corrected chi connectivity index (χ3v) is 6.01. The maximum Gasteiger partial charge on any atom is 0.141 e. The lowest BCUT2D eigenvalue weighted by molar-refractivity contribution is 0.0666. The third kappa shape index (κ3) is 2.58. The summed E-state index contributed by atoms with van der Waals surface area (Å²) in [7, 11) is 0. The Kier molecular flexibility index (Phi) is 3.82. The molecule has 2 fully saturated rings. The first-order valence-electron chi connectivity index (χ1n) is 9.68. The van der Waals surface area contributed by atoms with Crippen molar-refractivity contribution >= 4 is 11.0 Å². The van der Waals surface area contributed by atoms with Crippen molar-refractivity contribution in [3.8, 4) is 11.4 Å². The Labute approximate surface area is 149 Å². The number of hydrogen-bond donors (Lipinski definition) is 0. The number of hydrogen-bond acceptors (Lipinski definition) is 2. The summed E-state index contributed by atoms with van der Waals surface area (Å²) in [4.78, 5) is 7.78. The number of aromatic nitrogens is 2. The highest BCUT2D eigenvalue weighted by Gasteiger charge is 2.35. The minimum Gasteiger partial charge on any atom is -0.319 e. The predicted molar refractivity (Wildman–Crippen MR) is 103 cm³/mol. The van der Waals surface area contributed by atoms with Crippen LogP contribution in [0.4, 0.5) is 0 Å². The lowest BCUT2D eigenvalue weighted by atomic mass is 9.88. The number of piperidine rings is 2. The summed E-state index contributed by atoms with van der Waals surface area (Å²) in [5.41, 5.74) is 3.64. The standard InChI is InChI=1S/C22H25N3/c1-2-9-17(10-3-1)22-23-18-11-4-5-12-19(18)25(22)21-14-8-16-24-15-7-6-13-20(21)24/h1-5,9-12,20-21H,6-8,13-16H2/t20-,21+/m1/s1. The molecule has 0 aliphatic carbocycles. The Morgan fingerprint density at radius 1 is 0.760 bits per heavy atom. The molecule has 0 N–H and O–H groups in total. The highest BCUT2D eigenvalue weighted by Crippen LogP contribution is 2.39. The van der Waals surface area contributed by atoms with Crippen molar-refractivity contribution in [1.82, 2.24) is 14.5 Å². The second kappa shape index (κ2) is 6.30. The van der Waals surface area contributed by atoms with Crippen LogP contribution in [0.3, 0.4) is 0 Å². The number of rotatable bonds is 2. The number of para-hydroxylation sites is 2. The largest absolute Gasteiger partial charge is 0.319 e. The topological polar surface area (TPSA) is 21.1 Å². The smallest absolute Gasteiger partial charge is 0.141 e. The molecule has 0 bridgehead atoms. The molecule has 3 nitrogen and oxygen atoms in total. The van der Waals surface area contributed by atoms with Gasteiger partial charge >= 0.3 is 0 Å². The van der Waals surface area contributed by atoms with Crippen molar-refractivity contribution in [3.63, 3.8) is 0 Å². The number of benzene rings is 2. The molecule has 1 aromatic heterocycles. The molecule has 2 atom stereocenters. The molecule has 0 saturated carbocycles. The average molecular weight is 331 g/mol. The Balaban J connectivity index is 1.69. The van der Waals surface area contributed by atoms with Gasteiger partial charge in [-0.05, 0) is 50.9 Å². The molecule has 0 amide bonds. The van der Waals surface area contributed by atoms with E-state index in [1.807, 2.05) is 0 Å². The fourth-order valence-corrected chi connectivity index (χ4v) is 4.90. The van der Waals surface area contributed by atoms with Crippen LogP contribution in [0.5, 0.6) is 0 Å². The van der Waals surface area contributed by atoms with Crippen molar-refractivity contribution in [2.24, 2.45) is 0 Å². The van der Waals surface area contributed by atoms with Crippen molar-refractivity contribution in [2.75, 3.05) is 13.1 Å². The van der Waals surface area contributed by atoms with Crippen LogP contribution in [-0.2, 0) is 0 Å². The first-order chi connectivity index (χ1) is 12.4. The fraction of sp³-hybridized carbons (Fsp3) is 0.409. The van der Waals surface area contributed by atoms with Gasteiger partial charge in [-0.3, -0.25) is 4.90 Å². The quantitative estimate of drug-likeness (QED) is 0.666. The predicted octanol–water partition coefficient (Wildman–Crippen LogP) is 4.89. The average Bonchev–Trinajstić information content (AvgIpc) is 3.08. The molecule has 3 aromatic rings. The molecule has 128 valence electrons. The normalized spacial score (nSPS) is 24.3. The third-order valence-electron chi connectivity index (χ3n) is 6.01. The summed E-state index contributed by atoms with van der Waals surface area (Å²) in [6.45, 7) is 2.54. The van der Waals surface area contributed by atoms with Crippen LogP contribution in [0.25, 0.3) is 22.4 Å². The Morgan fingerprint density at radius 2 is 1.52 bits per heavy atom. The van der Waals surface area contributed by atoms with Crippen molar-refractivity contribution < 1.29 is 0 Å². The van der Waals surface area contributed by atoms with E-state index in [-0.39, 0.29) is 0 Å². The summed E-state index contributed by atoms with van der Waals surface area (Å²) < 4.78 is 2.56. The van der Waals surface area contributed by atoms with Crippen LogP contribution >= 0.6 is 0 Å². The van der Waals surface area contributed by atoms with Gasteiger partial charge < -0.3 is 4.57 Å². The highest BCUT2D eigenvalue weighted by molar-refractivity contribution is 5.80. The van der Waals surface area contributed by atoms with Gasteiger partial charge in [-0.25, -0.2) is 4.98 Å². The molecule has 3 heteroatoms. The van der Waals surface area contributed by atoms with Gasteiger partial charge in [0.2, 0.25) is 0 Å². The van der Waals surface area contributed by atoms with Gasteiger partial charge in [0.05, 0.1) is 17.1 Å². The Bertz CT molecular complexity index is 865. The molecule has 0 unspecified atom stereocenters. The zero-order valence-corrected chi connectivity index (χ0v) is 14.6. The molecule has 0 radical (unpaired) electrons. The molecule has 2 aliphatic rings. The van der Waals surface area contributed by atoms with Crippen molar-refractivity contribution in [2.45, 2.75) is 44.2 Å².